The second kappa shape index (κ2) is 6.26. The molecule has 1 aromatic carbocycles. The van der Waals surface area contributed by atoms with Gasteiger partial charge in [-0.05, 0) is 43.3 Å². The molecule has 0 spiro atoms. The number of nitrogens with one attached hydrogen (secondary N) is 1. The van der Waals surface area contributed by atoms with Crippen LogP contribution < -0.4 is 10.1 Å². The predicted octanol–water partition coefficient (Wildman–Crippen LogP) is 2.46. The summed E-state index contributed by atoms with van der Waals surface area (Å²) < 4.78 is 7.45. The summed E-state index contributed by atoms with van der Waals surface area (Å²) in [5.74, 6) is 0.913. The monoisotopic (exact) mass is 244 g/mol. The number of hydrogen-bond donors (Lipinski definition) is 1. The first-order valence-corrected chi connectivity index (χ1v) is 6.25. The summed E-state index contributed by atoms with van der Waals surface area (Å²) in [4.78, 5) is 0. The highest BCUT2D eigenvalue weighted by Gasteiger charge is 2.00. The van der Waals surface area contributed by atoms with E-state index in [9.17, 15) is 0 Å². The van der Waals surface area contributed by atoms with Gasteiger partial charge >= 0.3 is 0 Å². The predicted molar refractivity (Wildman–Crippen MR) is 73.9 cm³/mol. The van der Waals surface area contributed by atoms with E-state index in [4.69, 9.17) is 4.74 Å². The van der Waals surface area contributed by atoms with Crippen LogP contribution >= 0.6 is 0 Å². The molecule has 2 aromatic rings. The minimum atomic E-state index is 0.912. The highest BCUT2D eigenvalue weighted by atomic mass is 16.5. The lowest BCUT2D eigenvalue weighted by Gasteiger charge is -2.09. The maximum Gasteiger partial charge on any atom is 0.118 e. The fourth-order valence-electron chi connectivity index (χ4n) is 2.05. The fraction of sp³-hybridized carbons (Fsp3) is 0.333. The highest BCUT2D eigenvalue weighted by Crippen LogP contribution is 2.12. The lowest BCUT2D eigenvalue weighted by molar-refractivity contribution is 0.414. The van der Waals surface area contributed by atoms with Crippen molar-refractivity contribution >= 4 is 0 Å². The van der Waals surface area contributed by atoms with Crippen molar-refractivity contribution in [3.05, 3.63) is 53.9 Å². The molecule has 0 fully saturated rings. The number of rotatable bonds is 6. The van der Waals surface area contributed by atoms with Gasteiger partial charge in [-0.3, -0.25) is 0 Å². The van der Waals surface area contributed by atoms with E-state index in [1.54, 1.807) is 7.11 Å². The Morgan fingerprint density at radius 3 is 2.61 bits per heavy atom. The molecule has 1 aromatic heterocycles. The molecule has 96 valence electrons. The molecule has 0 saturated heterocycles. The molecule has 0 amide bonds. The van der Waals surface area contributed by atoms with Gasteiger partial charge in [0.2, 0.25) is 0 Å². The molecule has 18 heavy (non-hydrogen) atoms. The summed E-state index contributed by atoms with van der Waals surface area (Å²) >= 11 is 0. The molecule has 3 nitrogen and oxygen atoms in total. The fourth-order valence-corrected chi connectivity index (χ4v) is 2.05. The quantitative estimate of drug-likeness (QED) is 0.844. The standard InChI is InChI=1S/C15H20N2O/c1-16-12-14-4-3-10-17(14)11-9-13-5-7-15(18-2)8-6-13/h3-8,10,16H,9,11-12H2,1-2H3. The van der Waals surface area contributed by atoms with Gasteiger partial charge in [0.05, 0.1) is 7.11 Å². The van der Waals surface area contributed by atoms with E-state index < -0.39 is 0 Å². The molecule has 0 saturated carbocycles. The van der Waals surface area contributed by atoms with Crippen molar-refractivity contribution < 1.29 is 4.74 Å². The van der Waals surface area contributed by atoms with Crippen molar-refractivity contribution in [1.82, 2.24) is 9.88 Å². The summed E-state index contributed by atoms with van der Waals surface area (Å²) in [5, 5.41) is 3.19. The van der Waals surface area contributed by atoms with Gasteiger partial charge in [-0.2, -0.15) is 0 Å². The van der Waals surface area contributed by atoms with Gasteiger partial charge in [0.25, 0.3) is 0 Å². The number of aromatic nitrogens is 1. The smallest absolute Gasteiger partial charge is 0.118 e. The van der Waals surface area contributed by atoms with Gasteiger partial charge in [-0.25, -0.2) is 0 Å². The van der Waals surface area contributed by atoms with Crippen LogP contribution in [0, 0.1) is 0 Å². The summed E-state index contributed by atoms with van der Waals surface area (Å²) in [6, 6.07) is 12.5. The molecule has 0 aliphatic rings. The van der Waals surface area contributed by atoms with E-state index in [-0.39, 0.29) is 0 Å². The molecule has 1 N–H and O–H groups in total. The third kappa shape index (κ3) is 3.14. The molecule has 0 atom stereocenters. The van der Waals surface area contributed by atoms with Crippen molar-refractivity contribution in [1.29, 1.82) is 0 Å². The second-order valence-corrected chi connectivity index (χ2v) is 4.32. The first-order valence-electron chi connectivity index (χ1n) is 6.25. The van der Waals surface area contributed by atoms with Gasteiger partial charge in [0.15, 0.2) is 0 Å². The summed E-state index contributed by atoms with van der Waals surface area (Å²) in [6.07, 6.45) is 3.17. The van der Waals surface area contributed by atoms with E-state index in [2.05, 4.69) is 40.3 Å². The molecule has 0 unspecified atom stereocenters. The molecule has 0 bridgehead atoms. The minimum Gasteiger partial charge on any atom is -0.497 e. The number of benzene rings is 1. The largest absolute Gasteiger partial charge is 0.497 e. The van der Waals surface area contributed by atoms with Crippen molar-refractivity contribution in [2.45, 2.75) is 19.5 Å². The Kier molecular flexibility index (Phi) is 4.42. The molecule has 1 heterocycles. The Hall–Kier alpha value is -1.74. The molecular weight excluding hydrogens is 224 g/mol. The van der Waals surface area contributed by atoms with Crippen LogP contribution in [0.15, 0.2) is 42.6 Å². The van der Waals surface area contributed by atoms with Gasteiger partial charge in [0.1, 0.15) is 5.75 Å². The molecule has 2 rings (SSSR count). The number of aryl methyl sites for hydroxylation is 2. The first kappa shape index (κ1) is 12.7. The number of hydrogen-bond acceptors (Lipinski definition) is 2. The van der Waals surface area contributed by atoms with Gasteiger partial charge in [-0.15, -0.1) is 0 Å². The van der Waals surface area contributed by atoms with Crippen molar-refractivity contribution in [3.63, 3.8) is 0 Å². The minimum absolute atomic E-state index is 0.912. The van der Waals surface area contributed by atoms with Crippen molar-refractivity contribution in [2.24, 2.45) is 0 Å². The van der Waals surface area contributed by atoms with Crippen LogP contribution in [0.3, 0.4) is 0 Å². The zero-order valence-electron chi connectivity index (χ0n) is 11.0. The van der Waals surface area contributed by atoms with Crippen LogP contribution in [-0.2, 0) is 19.5 Å². The Labute approximate surface area is 108 Å². The zero-order chi connectivity index (χ0) is 12.8. The summed E-state index contributed by atoms with van der Waals surface area (Å²) in [5.41, 5.74) is 2.66. The van der Waals surface area contributed by atoms with Crippen LogP contribution in [0.25, 0.3) is 0 Å². The van der Waals surface area contributed by atoms with Crippen LogP contribution in [-0.4, -0.2) is 18.7 Å². The Balaban J connectivity index is 1.95. The topological polar surface area (TPSA) is 26.2 Å². The van der Waals surface area contributed by atoms with Crippen molar-refractivity contribution in [2.75, 3.05) is 14.2 Å². The summed E-state index contributed by atoms with van der Waals surface area (Å²) in [6.45, 7) is 1.92. The first-order chi connectivity index (χ1) is 8.83. The third-order valence-corrected chi connectivity index (χ3v) is 3.08. The van der Waals surface area contributed by atoms with Crippen LogP contribution in [0.5, 0.6) is 5.75 Å². The average molecular weight is 244 g/mol. The summed E-state index contributed by atoms with van der Waals surface area (Å²) in [7, 11) is 3.67. The SMILES string of the molecule is CNCc1cccn1CCc1ccc(OC)cc1. The number of ether oxygens (including phenoxy) is 1. The van der Waals surface area contributed by atoms with Gasteiger partial charge in [-0.1, -0.05) is 12.1 Å². The van der Waals surface area contributed by atoms with E-state index in [1.165, 1.54) is 11.3 Å². The average Bonchev–Trinajstić information content (AvgIpc) is 2.85. The molecular formula is C15H20N2O. The molecule has 0 aliphatic carbocycles. The molecule has 0 aliphatic heterocycles. The Bertz CT molecular complexity index is 473. The zero-order valence-corrected chi connectivity index (χ0v) is 11.0. The highest BCUT2D eigenvalue weighted by molar-refractivity contribution is 5.27. The maximum absolute atomic E-state index is 5.16. The maximum atomic E-state index is 5.16. The lowest BCUT2D eigenvalue weighted by atomic mass is 10.1. The second-order valence-electron chi connectivity index (χ2n) is 4.32. The van der Waals surface area contributed by atoms with Crippen LogP contribution in [0.4, 0.5) is 0 Å². The normalized spacial score (nSPS) is 10.6. The van der Waals surface area contributed by atoms with Gasteiger partial charge in [0, 0.05) is 25.0 Å². The third-order valence-electron chi connectivity index (χ3n) is 3.08. The van der Waals surface area contributed by atoms with Crippen LogP contribution in [0.1, 0.15) is 11.3 Å². The Morgan fingerprint density at radius 1 is 1.17 bits per heavy atom. The van der Waals surface area contributed by atoms with E-state index >= 15 is 0 Å². The number of methoxy groups -OCH3 is 1. The van der Waals surface area contributed by atoms with Crippen LogP contribution in [0.2, 0.25) is 0 Å². The van der Waals surface area contributed by atoms with E-state index in [1.807, 2.05) is 19.2 Å². The Morgan fingerprint density at radius 2 is 1.94 bits per heavy atom. The van der Waals surface area contributed by atoms with E-state index in [0.717, 1.165) is 25.3 Å². The van der Waals surface area contributed by atoms with E-state index in [0.29, 0.717) is 0 Å². The number of nitrogens with zero attached hydrogens (tertiary/aromatic N) is 1. The molecule has 3 heteroatoms. The molecule has 0 radical (unpaired) electrons. The van der Waals surface area contributed by atoms with Crippen molar-refractivity contribution in [3.8, 4) is 5.75 Å². The lowest BCUT2D eigenvalue weighted by Crippen LogP contribution is -2.11. The van der Waals surface area contributed by atoms with Gasteiger partial charge < -0.3 is 14.6 Å².